The largest absolute Gasteiger partial charge is 0.494 e. The lowest BCUT2D eigenvalue weighted by Crippen LogP contribution is -2.33. The highest BCUT2D eigenvalue weighted by atomic mass is 19.1. The zero-order valence-electron chi connectivity index (χ0n) is 19.4. The Bertz CT molecular complexity index is 981. The third-order valence-corrected chi connectivity index (χ3v) is 6.06. The van der Waals surface area contributed by atoms with Crippen molar-refractivity contribution < 1.29 is 18.7 Å². The molecule has 9 heteroatoms. The summed E-state index contributed by atoms with van der Waals surface area (Å²) in [6, 6.07) is 10.2. The van der Waals surface area contributed by atoms with Crippen molar-refractivity contribution >= 4 is 17.3 Å². The van der Waals surface area contributed by atoms with E-state index in [9.17, 15) is 9.18 Å². The van der Waals surface area contributed by atoms with Crippen molar-refractivity contribution in [3.63, 3.8) is 0 Å². The monoisotopic (exact) mass is 457 g/mol. The number of benzene rings is 2. The second kappa shape index (κ2) is 10.4. The number of anilines is 2. The maximum Gasteiger partial charge on any atom is 0.249 e. The number of hydrazine groups is 1. The molecule has 2 fully saturated rings. The molecule has 2 saturated heterocycles. The molecule has 2 aliphatic heterocycles. The molecule has 0 spiro atoms. The third kappa shape index (κ3) is 5.38. The number of ether oxygens (including phenoxy) is 2. The number of amides is 1. The van der Waals surface area contributed by atoms with Gasteiger partial charge in [0, 0.05) is 61.2 Å². The molecular formula is C24H32FN5O3. The number of nitrogens with one attached hydrogen (secondary N) is 3. The van der Waals surface area contributed by atoms with Crippen LogP contribution in [0.15, 0.2) is 36.4 Å². The first-order valence-electron chi connectivity index (χ1n) is 11.2. The van der Waals surface area contributed by atoms with Gasteiger partial charge in [0.25, 0.3) is 0 Å². The van der Waals surface area contributed by atoms with Gasteiger partial charge < -0.3 is 24.6 Å². The summed E-state index contributed by atoms with van der Waals surface area (Å²) in [4.78, 5) is 17.0. The molecular weight excluding hydrogens is 425 g/mol. The van der Waals surface area contributed by atoms with E-state index in [4.69, 9.17) is 9.47 Å². The summed E-state index contributed by atoms with van der Waals surface area (Å²) in [5, 5.41) is 3.22. The van der Waals surface area contributed by atoms with E-state index in [0.717, 1.165) is 36.6 Å². The van der Waals surface area contributed by atoms with Gasteiger partial charge in [-0.2, -0.15) is 0 Å². The Morgan fingerprint density at radius 3 is 2.67 bits per heavy atom. The lowest BCUT2D eigenvalue weighted by atomic mass is 9.98. The maximum absolute atomic E-state index is 13.7. The summed E-state index contributed by atoms with van der Waals surface area (Å²) in [6.07, 6.45) is 0.646. The average Bonchev–Trinajstić information content (AvgIpc) is 3.45. The van der Waals surface area contributed by atoms with Crippen molar-refractivity contribution in [1.29, 1.82) is 0 Å². The number of likely N-dealkylation sites (N-methyl/N-ethyl adjacent to an activating group) is 1. The Balaban J connectivity index is 1.50. The fourth-order valence-electron chi connectivity index (χ4n) is 4.20. The molecule has 8 nitrogen and oxygen atoms in total. The van der Waals surface area contributed by atoms with Crippen LogP contribution in [0, 0.1) is 5.82 Å². The highest BCUT2D eigenvalue weighted by Gasteiger charge is 2.33. The number of halogens is 1. The minimum absolute atomic E-state index is 0.0190. The van der Waals surface area contributed by atoms with Crippen LogP contribution in [-0.2, 0) is 4.79 Å². The second-order valence-electron chi connectivity index (χ2n) is 8.66. The molecule has 0 aliphatic carbocycles. The molecule has 33 heavy (non-hydrogen) atoms. The van der Waals surface area contributed by atoms with Crippen molar-refractivity contribution in [3.8, 4) is 11.5 Å². The highest BCUT2D eigenvalue weighted by molar-refractivity contribution is 6.01. The van der Waals surface area contributed by atoms with E-state index in [1.807, 2.05) is 26.2 Å². The summed E-state index contributed by atoms with van der Waals surface area (Å²) in [6.45, 7) is 3.64. The average molecular weight is 458 g/mol. The van der Waals surface area contributed by atoms with Crippen LogP contribution in [0.5, 0.6) is 11.5 Å². The number of methoxy groups -OCH3 is 1. The number of rotatable bonds is 9. The molecule has 2 aromatic carbocycles. The van der Waals surface area contributed by atoms with Crippen LogP contribution < -0.4 is 30.5 Å². The number of carbonyl (C=O) groups excluding carboxylic acids is 1. The Hall–Kier alpha value is -2.88. The van der Waals surface area contributed by atoms with Crippen LogP contribution in [0.4, 0.5) is 15.8 Å². The summed E-state index contributed by atoms with van der Waals surface area (Å²) < 4.78 is 24.9. The normalized spacial score (nSPS) is 18.9. The van der Waals surface area contributed by atoms with Gasteiger partial charge in [-0.1, -0.05) is 6.07 Å². The topological polar surface area (TPSA) is 78.1 Å². The molecule has 1 unspecified atom stereocenters. The molecule has 2 aromatic rings. The van der Waals surface area contributed by atoms with E-state index in [1.54, 1.807) is 17.0 Å². The zero-order valence-corrected chi connectivity index (χ0v) is 19.4. The minimum Gasteiger partial charge on any atom is -0.494 e. The van der Waals surface area contributed by atoms with Gasteiger partial charge in [0.1, 0.15) is 18.4 Å². The molecule has 0 radical (unpaired) electrons. The van der Waals surface area contributed by atoms with Crippen molar-refractivity contribution in [2.24, 2.45) is 0 Å². The van der Waals surface area contributed by atoms with Crippen LogP contribution in [0.25, 0.3) is 0 Å². The summed E-state index contributed by atoms with van der Waals surface area (Å²) in [5.74, 6) is 0.822. The van der Waals surface area contributed by atoms with E-state index in [-0.39, 0.29) is 17.7 Å². The molecule has 178 valence electrons. The summed E-state index contributed by atoms with van der Waals surface area (Å²) in [7, 11) is 5.45. The van der Waals surface area contributed by atoms with Crippen molar-refractivity contribution in [3.05, 3.63) is 47.8 Å². The van der Waals surface area contributed by atoms with Gasteiger partial charge in [0.15, 0.2) is 11.6 Å². The molecule has 1 amide bonds. The van der Waals surface area contributed by atoms with E-state index < -0.39 is 5.82 Å². The van der Waals surface area contributed by atoms with Crippen molar-refractivity contribution in [2.75, 3.05) is 64.2 Å². The molecule has 2 heterocycles. The minimum atomic E-state index is -0.433. The van der Waals surface area contributed by atoms with Crippen LogP contribution >= 0.6 is 0 Å². The van der Waals surface area contributed by atoms with E-state index in [1.165, 1.54) is 13.2 Å². The van der Waals surface area contributed by atoms with Crippen LogP contribution in [0.1, 0.15) is 17.9 Å². The Morgan fingerprint density at radius 2 is 1.94 bits per heavy atom. The number of hydrogen-bond acceptors (Lipinski definition) is 7. The van der Waals surface area contributed by atoms with Gasteiger partial charge >= 0.3 is 0 Å². The van der Waals surface area contributed by atoms with Crippen LogP contribution in [0.2, 0.25) is 0 Å². The van der Waals surface area contributed by atoms with E-state index >= 15 is 0 Å². The molecule has 3 N–H and O–H groups in total. The Labute approximate surface area is 194 Å². The molecule has 4 rings (SSSR count). The van der Waals surface area contributed by atoms with Gasteiger partial charge in [-0.25, -0.2) is 4.39 Å². The van der Waals surface area contributed by atoms with Gasteiger partial charge in [-0.05, 0) is 38.7 Å². The highest BCUT2D eigenvalue weighted by Crippen LogP contribution is 2.34. The van der Waals surface area contributed by atoms with Crippen molar-refractivity contribution in [1.82, 2.24) is 15.8 Å². The lowest BCUT2D eigenvalue weighted by Gasteiger charge is -2.22. The Kier molecular flexibility index (Phi) is 7.32. The summed E-state index contributed by atoms with van der Waals surface area (Å²) in [5.41, 5.74) is 8.95. The molecule has 0 saturated carbocycles. The fourth-order valence-corrected chi connectivity index (χ4v) is 4.20. The van der Waals surface area contributed by atoms with Crippen LogP contribution in [-0.4, -0.2) is 70.8 Å². The van der Waals surface area contributed by atoms with E-state index in [2.05, 4.69) is 27.1 Å². The van der Waals surface area contributed by atoms with Crippen molar-refractivity contribution in [2.45, 2.75) is 18.4 Å². The van der Waals surface area contributed by atoms with E-state index in [0.29, 0.717) is 31.2 Å². The number of carbonyl (C=O) groups is 1. The molecule has 2 aliphatic rings. The SMILES string of the molecule is COc1cc(NC2CCN(c3ccc(C4CNNC4)c(OCCN(C)C)c3)C2=O)ccc1F. The van der Waals surface area contributed by atoms with Gasteiger partial charge in [-0.3, -0.25) is 15.6 Å². The fraction of sp³-hybridized carbons (Fsp3) is 0.458. The molecule has 1 atom stereocenters. The second-order valence-corrected chi connectivity index (χ2v) is 8.66. The third-order valence-electron chi connectivity index (χ3n) is 6.06. The number of hydrogen-bond donors (Lipinski definition) is 3. The van der Waals surface area contributed by atoms with Crippen LogP contribution in [0.3, 0.4) is 0 Å². The lowest BCUT2D eigenvalue weighted by molar-refractivity contribution is -0.117. The number of nitrogens with zero attached hydrogens (tertiary/aromatic N) is 2. The van der Waals surface area contributed by atoms with Gasteiger partial charge in [0.2, 0.25) is 5.91 Å². The molecule has 0 bridgehead atoms. The van der Waals surface area contributed by atoms with Gasteiger partial charge in [-0.15, -0.1) is 0 Å². The first-order valence-corrected chi connectivity index (χ1v) is 11.2. The maximum atomic E-state index is 13.7. The van der Waals surface area contributed by atoms with Gasteiger partial charge in [0.05, 0.1) is 7.11 Å². The smallest absolute Gasteiger partial charge is 0.249 e. The molecule has 0 aromatic heterocycles. The first kappa shape index (κ1) is 23.3. The quantitative estimate of drug-likeness (QED) is 0.533. The summed E-state index contributed by atoms with van der Waals surface area (Å²) >= 11 is 0. The Morgan fingerprint density at radius 1 is 1.15 bits per heavy atom. The standard InChI is InChI=1S/C24H32FN5O3/c1-29(2)10-11-33-22-13-18(5-6-19(22)16-14-26-27-15-16)30-9-8-21(24(30)31)28-17-4-7-20(25)23(12-17)32-3/h4-7,12-13,16,21,26-28H,8-11,14-15H2,1-3H3. The predicted octanol–water partition coefficient (Wildman–Crippen LogP) is 2.18. The predicted molar refractivity (Wildman–Crippen MR) is 127 cm³/mol. The first-order chi connectivity index (χ1) is 16.0. The zero-order chi connectivity index (χ0) is 23.4.